The highest BCUT2D eigenvalue weighted by Gasteiger charge is 2.15. The summed E-state index contributed by atoms with van der Waals surface area (Å²) in [6.07, 6.45) is 6.04. The average molecular weight is 550 g/mol. The number of imidazole rings is 1. The molecule has 0 aliphatic carbocycles. The van der Waals surface area contributed by atoms with Crippen LogP contribution in [0.15, 0.2) is 77.4 Å². The van der Waals surface area contributed by atoms with Gasteiger partial charge in [-0.2, -0.15) is 0 Å². The van der Waals surface area contributed by atoms with E-state index < -0.39 is 0 Å². The standard InChI is InChI=1S/C30H29ClN4O2.ClH/c31-24-10-12-28(36-19-21-7-3-1-4-8-21)23(16-24)17-29-32-27(20-37-29)30-33-25-11-9-22(15-26(25)34-30)18-35-13-5-2-6-14-35;/h1,3-4,7-12,15-16,20H,2,5-6,13-14,17-19H2,(H,33,34);1H. The Morgan fingerprint density at radius 3 is 2.61 bits per heavy atom. The Kier molecular flexibility index (Phi) is 8.32. The quantitative estimate of drug-likeness (QED) is 0.218. The van der Waals surface area contributed by atoms with Crippen LogP contribution in [0, 0.1) is 0 Å². The second kappa shape index (κ2) is 12.0. The van der Waals surface area contributed by atoms with E-state index in [1.54, 1.807) is 6.26 Å². The molecule has 0 radical (unpaired) electrons. The van der Waals surface area contributed by atoms with E-state index >= 15 is 0 Å². The number of fused-ring (bicyclic) bond motifs is 1. The van der Waals surface area contributed by atoms with Crippen LogP contribution < -0.4 is 4.74 Å². The van der Waals surface area contributed by atoms with E-state index in [2.05, 4.69) is 28.1 Å². The smallest absolute Gasteiger partial charge is 0.199 e. The number of H-pyrrole nitrogens is 1. The van der Waals surface area contributed by atoms with Gasteiger partial charge in [-0.25, -0.2) is 9.97 Å². The van der Waals surface area contributed by atoms with E-state index in [1.807, 2.05) is 48.5 Å². The number of aromatic amines is 1. The Hall–Kier alpha value is -3.32. The fourth-order valence-corrected chi connectivity index (χ4v) is 5.07. The Morgan fingerprint density at radius 1 is 0.921 bits per heavy atom. The zero-order valence-electron chi connectivity index (χ0n) is 21.0. The zero-order chi connectivity index (χ0) is 25.0. The first kappa shape index (κ1) is 26.3. The number of nitrogens with one attached hydrogen (secondary N) is 1. The molecule has 8 heteroatoms. The lowest BCUT2D eigenvalue weighted by Gasteiger charge is -2.26. The minimum absolute atomic E-state index is 0. The Bertz CT molecular complexity index is 1490. The van der Waals surface area contributed by atoms with Gasteiger partial charge in [-0.05, 0) is 67.4 Å². The average Bonchev–Trinajstić information content (AvgIpc) is 3.56. The summed E-state index contributed by atoms with van der Waals surface area (Å²) in [6.45, 7) is 3.81. The molecule has 1 fully saturated rings. The van der Waals surface area contributed by atoms with Crippen molar-refractivity contribution in [2.75, 3.05) is 13.1 Å². The van der Waals surface area contributed by atoms with Crippen molar-refractivity contribution in [1.29, 1.82) is 0 Å². The SMILES string of the molecule is Cl.Clc1ccc(OCc2ccccc2)c(Cc2nc(-c3nc4cc(CN5CCCCC5)ccc4[nH]3)co2)c1. The summed E-state index contributed by atoms with van der Waals surface area (Å²) < 4.78 is 11.9. The molecule has 6 rings (SSSR count). The summed E-state index contributed by atoms with van der Waals surface area (Å²) in [5.74, 6) is 2.04. The molecule has 3 aromatic carbocycles. The molecule has 2 aromatic heterocycles. The molecule has 1 saturated heterocycles. The highest BCUT2D eigenvalue weighted by atomic mass is 35.5. The molecule has 0 unspecified atom stereocenters. The molecule has 5 aromatic rings. The molecule has 6 nitrogen and oxygen atoms in total. The summed E-state index contributed by atoms with van der Waals surface area (Å²) in [4.78, 5) is 15.4. The van der Waals surface area contributed by atoms with Gasteiger partial charge in [0, 0.05) is 17.1 Å². The Balaban J connectivity index is 0.00000294. The number of benzene rings is 3. The van der Waals surface area contributed by atoms with E-state index in [0.717, 1.165) is 34.5 Å². The largest absolute Gasteiger partial charge is 0.489 e. The van der Waals surface area contributed by atoms with Crippen LogP contribution >= 0.6 is 24.0 Å². The first-order valence-corrected chi connectivity index (χ1v) is 13.2. The molecule has 1 aliphatic rings. The predicted molar refractivity (Wildman–Crippen MR) is 153 cm³/mol. The van der Waals surface area contributed by atoms with Crippen LogP contribution in [0.4, 0.5) is 0 Å². The number of aromatic nitrogens is 3. The number of rotatable bonds is 8. The molecule has 1 N–H and O–H groups in total. The van der Waals surface area contributed by atoms with Crippen molar-refractivity contribution in [3.8, 4) is 17.3 Å². The van der Waals surface area contributed by atoms with Gasteiger partial charge in [0.25, 0.3) is 0 Å². The van der Waals surface area contributed by atoms with Crippen molar-refractivity contribution < 1.29 is 9.15 Å². The molecule has 196 valence electrons. The van der Waals surface area contributed by atoms with Crippen molar-refractivity contribution >= 4 is 35.0 Å². The summed E-state index contributed by atoms with van der Waals surface area (Å²) in [5, 5.41) is 0.645. The fourth-order valence-electron chi connectivity index (χ4n) is 4.87. The molecule has 38 heavy (non-hydrogen) atoms. The van der Waals surface area contributed by atoms with Crippen molar-refractivity contribution in [3.63, 3.8) is 0 Å². The normalized spacial score (nSPS) is 13.9. The predicted octanol–water partition coefficient (Wildman–Crippen LogP) is 7.45. The van der Waals surface area contributed by atoms with Crippen LogP contribution in [0.25, 0.3) is 22.6 Å². The van der Waals surface area contributed by atoms with Crippen LogP contribution in [-0.4, -0.2) is 32.9 Å². The lowest BCUT2D eigenvalue weighted by molar-refractivity contribution is 0.221. The van der Waals surface area contributed by atoms with Gasteiger partial charge in [0.2, 0.25) is 0 Å². The second-order valence-electron chi connectivity index (χ2n) is 9.60. The van der Waals surface area contributed by atoms with Gasteiger partial charge in [0.15, 0.2) is 11.7 Å². The number of oxazole rings is 1. The summed E-state index contributed by atoms with van der Waals surface area (Å²) in [7, 11) is 0. The van der Waals surface area contributed by atoms with Gasteiger partial charge in [-0.3, -0.25) is 4.90 Å². The van der Waals surface area contributed by atoms with E-state index in [9.17, 15) is 0 Å². The molecular weight excluding hydrogens is 519 g/mol. The van der Waals surface area contributed by atoms with E-state index in [-0.39, 0.29) is 12.4 Å². The lowest BCUT2D eigenvalue weighted by Crippen LogP contribution is -2.29. The number of halogens is 2. The maximum atomic E-state index is 6.30. The Morgan fingerprint density at radius 2 is 1.76 bits per heavy atom. The first-order valence-electron chi connectivity index (χ1n) is 12.8. The molecule has 0 bridgehead atoms. The van der Waals surface area contributed by atoms with Gasteiger partial charge in [-0.1, -0.05) is 54.4 Å². The maximum Gasteiger partial charge on any atom is 0.199 e. The molecular formula is C30H30Cl2N4O2. The molecule has 0 saturated carbocycles. The van der Waals surface area contributed by atoms with Crippen LogP contribution in [0.2, 0.25) is 5.02 Å². The number of hydrogen-bond donors (Lipinski definition) is 1. The van der Waals surface area contributed by atoms with Crippen molar-refractivity contribution in [2.45, 2.75) is 38.8 Å². The van der Waals surface area contributed by atoms with Crippen LogP contribution in [0.5, 0.6) is 5.75 Å². The molecule has 0 atom stereocenters. The summed E-state index contributed by atoms with van der Waals surface area (Å²) in [6, 6.07) is 22.2. The molecule has 3 heterocycles. The molecule has 0 amide bonds. The van der Waals surface area contributed by atoms with Gasteiger partial charge in [0.1, 0.15) is 24.3 Å². The molecule has 0 spiro atoms. The third-order valence-corrected chi connectivity index (χ3v) is 7.03. The minimum Gasteiger partial charge on any atom is -0.489 e. The number of likely N-dealkylation sites (tertiary alicyclic amines) is 1. The maximum absolute atomic E-state index is 6.30. The van der Waals surface area contributed by atoms with E-state index in [4.69, 9.17) is 30.7 Å². The van der Waals surface area contributed by atoms with Crippen molar-refractivity contribution in [3.05, 3.63) is 101 Å². The third-order valence-electron chi connectivity index (χ3n) is 6.80. The number of ether oxygens (including phenoxy) is 1. The summed E-state index contributed by atoms with van der Waals surface area (Å²) in [5.41, 5.74) is 5.93. The van der Waals surface area contributed by atoms with Crippen LogP contribution in [0.1, 0.15) is 41.8 Å². The van der Waals surface area contributed by atoms with Crippen LogP contribution in [0.3, 0.4) is 0 Å². The van der Waals surface area contributed by atoms with E-state index in [1.165, 1.54) is 37.9 Å². The monoisotopic (exact) mass is 548 g/mol. The van der Waals surface area contributed by atoms with Gasteiger partial charge in [0.05, 0.1) is 17.5 Å². The van der Waals surface area contributed by atoms with E-state index in [0.29, 0.717) is 35.5 Å². The van der Waals surface area contributed by atoms with Gasteiger partial charge in [-0.15, -0.1) is 12.4 Å². The van der Waals surface area contributed by atoms with Gasteiger partial charge < -0.3 is 14.1 Å². The molecule has 1 aliphatic heterocycles. The second-order valence-corrected chi connectivity index (χ2v) is 10.0. The Labute approximate surface area is 233 Å². The zero-order valence-corrected chi connectivity index (χ0v) is 22.6. The first-order chi connectivity index (χ1) is 18.2. The number of nitrogens with zero attached hydrogens (tertiary/aromatic N) is 3. The number of piperidine rings is 1. The number of hydrogen-bond acceptors (Lipinski definition) is 5. The third kappa shape index (κ3) is 6.21. The fraction of sp³-hybridized carbons (Fsp3) is 0.267. The summed E-state index contributed by atoms with van der Waals surface area (Å²) >= 11 is 6.30. The van der Waals surface area contributed by atoms with Crippen molar-refractivity contribution in [1.82, 2.24) is 19.9 Å². The minimum atomic E-state index is 0. The van der Waals surface area contributed by atoms with Crippen molar-refractivity contribution in [2.24, 2.45) is 0 Å². The highest BCUT2D eigenvalue weighted by Crippen LogP contribution is 2.28. The van der Waals surface area contributed by atoms with Crippen LogP contribution in [-0.2, 0) is 19.6 Å². The topological polar surface area (TPSA) is 67.2 Å². The highest BCUT2D eigenvalue weighted by molar-refractivity contribution is 6.30. The lowest BCUT2D eigenvalue weighted by atomic mass is 10.1. The van der Waals surface area contributed by atoms with Gasteiger partial charge >= 0.3 is 0 Å².